The van der Waals surface area contributed by atoms with E-state index in [0.717, 1.165) is 24.6 Å². The molecule has 8 nitrogen and oxygen atoms in total. The summed E-state index contributed by atoms with van der Waals surface area (Å²) in [6.07, 6.45) is 3.33. The van der Waals surface area contributed by atoms with Gasteiger partial charge in [0.05, 0.1) is 11.8 Å². The molecular formula is C17H16N4O4S. The molecule has 0 atom stereocenters. The van der Waals surface area contributed by atoms with Gasteiger partial charge in [0.2, 0.25) is 18.6 Å². The van der Waals surface area contributed by atoms with Crippen molar-refractivity contribution in [1.29, 1.82) is 5.26 Å². The first-order valence-electron chi connectivity index (χ1n) is 8.26. The number of benzene rings is 1. The summed E-state index contributed by atoms with van der Waals surface area (Å²) >= 11 is 1.14. The Balaban J connectivity index is 1.37. The summed E-state index contributed by atoms with van der Waals surface area (Å²) in [5.74, 6) is 1.56. The lowest BCUT2D eigenvalue weighted by molar-refractivity contribution is -0.119. The van der Waals surface area contributed by atoms with E-state index in [1.165, 1.54) is 0 Å². The number of nitriles is 1. The average molecular weight is 372 g/mol. The van der Waals surface area contributed by atoms with Crippen molar-refractivity contribution in [1.82, 2.24) is 15.5 Å². The second kappa shape index (κ2) is 6.88. The minimum Gasteiger partial charge on any atom is -0.454 e. The van der Waals surface area contributed by atoms with Gasteiger partial charge in [-0.3, -0.25) is 4.79 Å². The van der Waals surface area contributed by atoms with Crippen LogP contribution in [0, 0.1) is 11.3 Å². The number of thioether (sulfide) groups is 1. The van der Waals surface area contributed by atoms with E-state index in [4.69, 9.17) is 13.9 Å². The van der Waals surface area contributed by atoms with Crippen LogP contribution in [0.2, 0.25) is 0 Å². The van der Waals surface area contributed by atoms with Crippen molar-refractivity contribution in [3.63, 3.8) is 0 Å². The Morgan fingerprint density at radius 3 is 2.88 bits per heavy atom. The van der Waals surface area contributed by atoms with E-state index in [2.05, 4.69) is 21.6 Å². The maximum absolute atomic E-state index is 12.1. The first-order chi connectivity index (χ1) is 12.7. The molecule has 1 saturated carbocycles. The second-order valence-corrected chi connectivity index (χ2v) is 7.11. The maximum atomic E-state index is 12.1. The Bertz CT molecular complexity index is 870. The average Bonchev–Trinajstić information content (AvgIpc) is 3.39. The van der Waals surface area contributed by atoms with E-state index in [1.807, 2.05) is 0 Å². The zero-order valence-electron chi connectivity index (χ0n) is 13.9. The van der Waals surface area contributed by atoms with Crippen molar-refractivity contribution in [2.75, 3.05) is 12.5 Å². The van der Waals surface area contributed by atoms with Crippen LogP contribution in [0.25, 0.3) is 11.5 Å². The van der Waals surface area contributed by atoms with Gasteiger partial charge in [0.25, 0.3) is 5.22 Å². The summed E-state index contributed by atoms with van der Waals surface area (Å²) in [7, 11) is 0. The number of ether oxygens (including phenoxy) is 2. The zero-order chi connectivity index (χ0) is 18.0. The van der Waals surface area contributed by atoms with Crippen molar-refractivity contribution < 1.29 is 18.7 Å². The van der Waals surface area contributed by atoms with Gasteiger partial charge in [-0.2, -0.15) is 5.26 Å². The van der Waals surface area contributed by atoms with Gasteiger partial charge in [0.15, 0.2) is 11.5 Å². The smallest absolute Gasteiger partial charge is 0.277 e. The van der Waals surface area contributed by atoms with Crippen LogP contribution in [-0.4, -0.2) is 34.2 Å². The molecule has 4 rings (SSSR count). The lowest BCUT2D eigenvalue weighted by Gasteiger charge is -2.21. The van der Waals surface area contributed by atoms with Crippen LogP contribution in [0.3, 0.4) is 0 Å². The second-order valence-electron chi connectivity index (χ2n) is 6.18. The molecule has 26 heavy (non-hydrogen) atoms. The number of aromatic nitrogens is 2. The molecule has 0 spiro atoms. The van der Waals surface area contributed by atoms with E-state index in [9.17, 15) is 10.1 Å². The van der Waals surface area contributed by atoms with Crippen LogP contribution in [-0.2, 0) is 4.79 Å². The molecule has 1 fully saturated rings. The van der Waals surface area contributed by atoms with Crippen LogP contribution < -0.4 is 14.8 Å². The summed E-state index contributed by atoms with van der Waals surface area (Å²) in [4.78, 5) is 12.1. The topological polar surface area (TPSA) is 110 Å². The van der Waals surface area contributed by atoms with Gasteiger partial charge in [0, 0.05) is 5.56 Å². The van der Waals surface area contributed by atoms with Crippen molar-refractivity contribution in [3.05, 3.63) is 18.2 Å². The number of amides is 1. The molecule has 0 unspecified atom stereocenters. The first kappa shape index (κ1) is 16.7. The number of hydrogen-bond acceptors (Lipinski definition) is 8. The van der Waals surface area contributed by atoms with Gasteiger partial charge in [-0.15, -0.1) is 10.2 Å². The number of nitrogens with one attached hydrogen (secondary N) is 1. The maximum Gasteiger partial charge on any atom is 0.277 e. The molecule has 134 valence electrons. The minimum absolute atomic E-state index is 0.117. The quantitative estimate of drug-likeness (QED) is 0.797. The Hall–Kier alpha value is -2.73. The highest BCUT2D eigenvalue weighted by atomic mass is 32.2. The molecule has 0 saturated heterocycles. The number of hydrogen-bond donors (Lipinski definition) is 1. The van der Waals surface area contributed by atoms with Gasteiger partial charge in [-0.25, -0.2) is 0 Å². The fourth-order valence-corrected chi connectivity index (χ4v) is 3.65. The van der Waals surface area contributed by atoms with E-state index >= 15 is 0 Å². The lowest BCUT2D eigenvalue weighted by atomic mass is 10.0. The minimum atomic E-state index is -0.718. The molecule has 0 bridgehead atoms. The number of nitrogens with zero attached hydrogens (tertiary/aromatic N) is 3. The molecule has 1 aromatic heterocycles. The molecule has 1 aliphatic heterocycles. The fourth-order valence-electron chi connectivity index (χ4n) is 3.09. The number of carbonyl (C=O) groups is 1. The Kier molecular flexibility index (Phi) is 4.42. The predicted molar refractivity (Wildman–Crippen MR) is 91.5 cm³/mol. The summed E-state index contributed by atoms with van der Waals surface area (Å²) in [6.45, 7) is 0.197. The van der Waals surface area contributed by atoms with Gasteiger partial charge < -0.3 is 19.2 Å². The Labute approximate surface area is 153 Å². The molecule has 9 heteroatoms. The molecule has 1 N–H and O–H groups in total. The molecule has 1 amide bonds. The van der Waals surface area contributed by atoms with E-state index in [1.54, 1.807) is 18.2 Å². The molecule has 2 aliphatic rings. The third kappa shape index (κ3) is 3.32. The third-order valence-corrected chi connectivity index (χ3v) is 5.22. The van der Waals surface area contributed by atoms with Crippen molar-refractivity contribution >= 4 is 17.7 Å². The summed E-state index contributed by atoms with van der Waals surface area (Å²) in [5.41, 5.74) is -0.00290. The van der Waals surface area contributed by atoms with Crippen LogP contribution >= 0.6 is 11.8 Å². The predicted octanol–water partition coefficient (Wildman–Crippen LogP) is 2.51. The Morgan fingerprint density at radius 1 is 1.27 bits per heavy atom. The highest BCUT2D eigenvalue weighted by molar-refractivity contribution is 7.99. The van der Waals surface area contributed by atoms with Crippen molar-refractivity contribution in [2.45, 2.75) is 36.4 Å². The van der Waals surface area contributed by atoms with Crippen LogP contribution in [0.4, 0.5) is 0 Å². The zero-order valence-corrected chi connectivity index (χ0v) is 14.7. The van der Waals surface area contributed by atoms with E-state index < -0.39 is 5.54 Å². The highest BCUT2D eigenvalue weighted by Crippen LogP contribution is 2.36. The SMILES string of the molecule is N#CC1(NC(=O)CSc2nnc(-c3ccc4c(c3)OCO4)o2)CCCC1. The molecule has 1 aliphatic carbocycles. The molecule has 2 aromatic rings. The standard InChI is InChI=1S/C17H16N4O4S/c18-9-17(5-1-2-6-17)19-14(22)8-26-16-21-20-15(25-16)11-3-4-12-13(7-11)24-10-23-12/h3-4,7H,1-2,5-6,8,10H2,(H,19,22). The number of fused-ring (bicyclic) bond motifs is 1. The van der Waals surface area contributed by atoms with E-state index in [0.29, 0.717) is 41.0 Å². The van der Waals surface area contributed by atoms with Crippen LogP contribution in [0.1, 0.15) is 25.7 Å². The summed E-state index contributed by atoms with van der Waals surface area (Å²) < 4.78 is 16.2. The largest absolute Gasteiger partial charge is 0.454 e. The summed E-state index contributed by atoms with van der Waals surface area (Å²) in [5, 5.41) is 20.4. The number of carbonyl (C=O) groups excluding carboxylic acids is 1. The van der Waals surface area contributed by atoms with Gasteiger partial charge in [-0.1, -0.05) is 11.8 Å². The monoisotopic (exact) mass is 372 g/mol. The van der Waals surface area contributed by atoms with Crippen molar-refractivity contribution in [2.24, 2.45) is 0 Å². The van der Waals surface area contributed by atoms with Gasteiger partial charge >= 0.3 is 0 Å². The Morgan fingerprint density at radius 2 is 2.08 bits per heavy atom. The fraction of sp³-hybridized carbons (Fsp3) is 0.412. The summed E-state index contributed by atoms with van der Waals surface area (Å²) in [6, 6.07) is 7.60. The number of rotatable bonds is 5. The molecular weight excluding hydrogens is 356 g/mol. The third-order valence-electron chi connectivity index (χ3n) is 4.40. The lowest BCUT2D eigenvalue weighted by Crippen LogP contribution is -2.45. The van der Waals surface area contributed by atoms with Crippen molar-refractivity contribution in [3.8, 4) is 29.0 Å². The molecule has 2 heterocycles. The molecule has 0 radical (unpaired) electrons. The van der Waals surface area contributed by atoms with E-state index in [-0.39, 0.29) is 18.5 Å². The molecule has 1 aromatic carbocycles. The van der Waals surface area contributed by atoms with Gasteiger partial charge in [-0.05, 0) is 43.9 Å². The van der Waals surface area contributed by atoms with Crippen LogP contribution in [0.5, 0.6) is 11.5 Å². The first-order valence-corrected chi connectivity index (χ1v) is 9.25. The van der Waals surface area contributed by atoms with Gasteiger partial charge in [0.1, 0.15) is 5.54 Å². The normalized spacial score (nSPS) is 17.0. The van der Waals surface area contributed by atoms with Crippen LogP contribution in [0.15, 0.2) is 27.8 Å². The highest BCUT2D eigenvalue weighted by Gasteiger charge is 2.35.